The van der Waals surface area contributed by atoms with Gasteiger partial charge in [-0.1, -0.05) is 5.16 Å². The summed E-state index contributed by atoms with van der Waals surface area (Å²) in [4.78, 5) is 11.9. The third-order valence-electron chi connectivity index (χ3n) is 3.34. The SMILES string of the molecule is Cc1noc(C)c1C(=O)NCCCOC[C@@H]1CCCO1. The second-order valence-corrected chi connectivity index (χ2v) is 5.02. The van der Waals surface area contributed by atoms with Crippen LogP contribution in [-0.2, 0) is 9.47 Å². The molecule has 20 heavy (non-hydrogen) atoms. The van der Waals surface area contributed by atoms with E-state index in [1.165, 1.54) is 0 Å². The topological polar surface area (TPSA) is 73.6 Å². The zero-order valence-electron chi connectivity index (χ0n) is 12.1. The summed E-state index contributed by atoms with van der Waals surface area (Å²) < 4.78 is 16.0. The molecule has 1 aliphatic rings. The van der Waals surface area contributed by atoms with E-state index < -0.39 is 0 Å². The molecule has 6 nitrogen and oxygen atoms in total. The van der Waals surface area contributed by atoms with Gasteiger partial charge < -0.3 is 19.3 Å². The highest BCUT2D eigenvalue weighted by Crippen LogP contribution is 2.12. The predicted molar refractivity (Wildman–Crippen MR) is 72.7 cm³/mol. The van der Waals surface area contributed by atoms with Crippen LogP contribution in [-0.4, -0.2) is 43.5 Å². The summed E-state index contributed by atoms with van der Waals surface area (Å²) in [5, 5.41) is 6.61. The van der Waals surface area contributed by atoms with E-state index >= 15 is 0 Å². The molecule has 2 rings (SSSR count). The second kappa shape index (κ2) is 7.40. The highest BCUT2D eigenvalue weighted by atomic mass is 16.5. The Morgan fingerprint density at radius 2 is 2.35 bits per heavy atom. The van der Waals surface area contributed by atoms with Crippen LogP contribution in [0.2, 0.25) is 0 Å². The van der Waals surface area contributed by atoms with Gasteiger partial charge in [-0.05, 0) is 33.1 Å². The van der Waals surface area contributed by atoms with Crippen molar-refractivity contribution in [2.45, 2.75) is 39.2 Å². The quantitative estimate of drug-likeness (QED) is 0.769. The minimum Gasteiger partial charge on any atom is -0.379 e. The van der Waals surface area contributed by atoms with Gasteiger partial charge in [-0.15, -0.1) is 0 Å². The highest BCUT2D eigenvalue weighted by Gasteiger charge is 2.17. The van der Waals surface area contributed by atoms with Crippen molar-refractivity contribution >= 4 is 5.91 Å². The molecule has 0 unspecified atom stereocenters. The molecular weight excluding hydrogens is 260 g/mol. The first-order chi connectivity index (χ1) is 9.68. The number of nitrogens with zero attached hydrogens (tertiary/aromatic N) is 1. The molecule has 2 heterocycles. The number of carbonyl (C=O) groups is 1. The van der Waals surface area contributed by atoms with Crippen LogP contribution in [0.25, 0.3) is 0 Å². The number of ether oxygens (including phenoxy) is 2. The molecule has 1 fully saturated rings. The van der Waals surface area contributed by atoms with Gasteiger partial charge in [0, 0.05) is 19.8 Å². The molecule has 1 amide bonds. The molecule has 0 saturated carbocycles. The number of carbonyl (C=O) groups excluding carboxylic acids is 1. The van der Waals surface area contributed by atoms with E-state index in [1.54, 1.807) is 13.8 Å². The van der Waals surface area contributed by atoms with E-state index in [0.29, 0.717) is 36.8 Å². The van der Waals surface area contributed by atoms with Gasteiger partial charge in [0.1, 0.15) is 11.3 Å². The Balaban J connectivity index is 1.57. The summed E-state index contributed by atoms with van der Waals surface area (Å²) >= 11 is 0. The smallest absolute Gasteiger partial charge is 0.256 e. The van der Waals surface area contributed by atoms with Crippen LogP contribution in [0.15, 0.2) is 4.52 Å². The first-order valence-electron chi connectivity index (χ1n) is 7.09. The molecule has 0 spiro atoms. The molecule has 1 aromatic rings. The number of aryl methyl sites for hydroxylation is 2. The minimum absolute atomic E-state index is 0.139. The van der Waals surface area contributed by atoms with Gasteiger partial charge in [-0.2, -0.15) is 0 Å². The first kappa shape index (κ1) is 15.0. The lowest BCUT2D eigenvalue weighted by Gasteiger charge is -2.10. The maximum absolute atomic E-state index is 11.9. The Morgan fingerprint density at radius 1 is 1.50 bits per heavy atom. The fraction of sp³-hybridized carbons (Fsp3) is 0.714. The van der Waals surface area contributed by atoms with Crippen molar-refractivity contribution in [3.63, 3.8) is 0 Å². The van der Waals surface area contributed by atoms with Crippen LogP contribution in [0.4, 0.5) is 0 Å². The summed E-state index contributed by atoms with van der Waals surface area (Å²) in [6, 6.07) is 0. The molecule has 1 aromatic heterocycles. The van der Waals surface area contributed by atoms with Gasteiger partial charge in [0.15, 0.2) is 0 Å². The normalized spacial score (nSPS) is 18.4. The fourth-order valence-corrected chi connectivity index (χ4v) is 2.26. The summed E-state index contributed by atoms with van der Waals surface area (Å²) in [6.45, 7) is 6.20. The Morgan fingerprint density at radius 3 is 3.00 bits per heavy atom. The van der Waals surface area contributed by atoms with E-state index in [0.717, 1.165) is 25.9 Å². The lowest BCUT2D eigenvalue weighted by molar-refractivity contribution is 0.0166. The summed E-state index contributed by atoms with van der Waals surface area (Å²) in [5.41, 5.74) is 1.15. The average Bonchev–Trinajstić information content (AvgIpc) is 3.04. The van der Waals surface area contributed by atoms with Crippen molar-refractivity contribution in [3.05, 3.63) is 17.0 Å². The van der Waals surface area contributed by atoms with Crippen molar-refractivity contribution in [1.29, 1.82) is 0 Å². The summed E-state index contributed by atoms with van der Waals surface area (Å²) in [6.07, 6.45) is 3.25. The van der Waals surface area contributed by atoms with Gasteiger partial charge in [0.25, 0.3) is 5.91 Å². The number of hydrogen-bond donors (Lipinski definition) is 1. The molecule has 1 atom stereocenters. The Labute approximate surface area is 118 Å². The molecule has 0 bridgehead atoms. The van der Waals surface area contributed by atoms with Gasteiger partial charge in [-0.3, -0.25) is 4.79 Å². The van der Waals surface area contributed by atoms with Crippen LogP contribution in [0.1, 0.15) is 41.1 Å². The van der Waals surface area contributed by atoms with E-state index in [9.17, 15) is 4.79 Å². The number of aromatic nitrogens is 1. The van der Waals surface area contributed by atoms with E-state index in [2.05, 4.69) is 10.5 Å². The van der Waals surface area contributed by atoms with Crippen LogP contribution in [0.3, 0.4) is 0 Å². The lowest BCUT2D eigenvalue weighted by Crippen LogP contribution is -2.26. The van der Waals surface area contributed by atoms with Gasteiger partial charge in [0.2, 0.25) is 0 Å². The maximum Gasteiger partial charge on any atom is 0.256 e. The monoisotopic (exact) mass is 282 g/mol. The van der Waals surface area contributed by atoms with Crippen molar-refractivity contribution < 1.29 is 18.8 Å². The highest BCUT2D eigenvalue weighted by molar-refractivity contribution is 5.96. The molecular formula is C14H22N2O4. The average molecular weight is 282 g/mol. The molecule has 1 aliphatic heterocycles. The number of rotatable bonds is 7. The standard InChI is InChI=1S/C14H22N2O4/c1-10-13(11(2)20-16-10)14(17)15-6-4-7-18-9-12-5-3-8-19-12/h12H,3-9H2,1-2H3,(H,15,17)/t12-/m0/s1. The maximum atomic E-state index is 11.9. The van der Waals surface area contributed by atoms with Gasteiger partial charge in [0.05, 0.1) is 18.4 Å². The van der Waals surface area contributed by atoms with Gasteiger partial charge >= 0.3 is 0 Å². The second-order valence-electron chi connectivity index (χ2n) is 5.02. The van der Waals surface area contributed by atoms with Crippen molar-refractivity contribution in [2.24, 2.45) is 0 Å². The molecule has 6 heteroatoms. The van der Waals surface area contributed by atoms with Crippen molar-refractivity contribution in [2.75, 3.05) is 26.4 Å². The molecule has 112 valence electrons. The van der Waals surface area contributed by atoms with E-state index in [-0.39, 0.29) is 12.0 Å². The van der Waals surface area contributed by atoms with Crippen LogP contribution >= 0.6 is 0 Å². The molecule has 0 radical (unpaired) electrons. The molecule has 0 aromatic carbocycles. The van der Waals surface area contributed by atoms with E-state index in [4.69, 9.17) is 14.0 Å². The number of amides is 1. The Hall–Kier alpha value is -1.40. The zero-order chi connectivity index (χ0) is 14.4. The van der Waals surface area contributed by atoms with Crippen molar-refractivity contribution in [1.82, 2.24) is 10.5 Å². The number of hydrogen-bond acceptors (Lipinski definition) is 5. The van der Waals surface area contributed by atoms with Crippen LogP contribution in [0.5, 0.6) is 0 Å². The Bertz CT molecular complexity index is 419. The minimum atomic E-state index is -0.139. The largest absolute Gasteiger partial charge is 0.379 e. The lowest BCUT2D eigenvalue weighted by atomic mass is 10.2. The van der Waals surface area contributed by atoms with Crippen molar-refractivity contribution in [3.8, 4) is 0 Å². The van der Waals surface area contributed by atoms with Crippen LogP contribution in [0, 0.1) is 13.8 Å². The fourth-order valence-electron chi connectivity index (χ4n) is 2.26. The van der Waals surface area contributed by atoms with Crippen LogP contribution < -0.4 is 5.32 Å². The number of nitrogens with one attached hydrogen (secondary N) is 1. The van der Waals surface area contributed by atoms with Gasteiger partial charge in [-0.25, -0.2) is 0 Å². The Kier molecular flexibility index (Phi) is 5.55. The third kappa shape index (κ3) is 4.05. The molecule has 1 saturated heterocycles. The molecule has 1 N–H and O–H groups in total. The predicted octanol–water partition coefficient (Wildman–Crippen LogP) is 1.61. The summed E-state index contributed by atoms with van der Waals surface area (Å²) in [7, 11) is 0. The summed E-state index contributed by atoms with van der Waals surface area (Å²) in [5.74, 6) is 0.412. The molecule has 0 aliphatic carbocycles. The first-order valence-corrected chi connectivity index (χ1v) is 7.09. The van der Waals surface area contributed by atoms with E-state index in [1.807, 2.05) is 0 Å². The third-order valence-corrected chi connectivity index (χ3v) is 3.34. The zero-order valence-corrected chi connectivity index (χ0v) is 12.1.